The second kappa shape index (κ2) is 10.3. The van der Waals surface area contributed by atoms with Gasteiger partial charge in [-0.05, 0) is 61.5 Å². The summed E-state index contributed by atoms with van der Waals surface area (Å²) in [5.41, 5.74) is 4.60. The smallest absolute Gasteiger partial charge is 0.191 e. The van der Waals surface area contributed by atoms with Crippen LogP contribution in [-0.4, -0.2) is 24.5 Å². The molecule has 6 heteroatoms. The first-order chi connectivity index (χ1) is 12.2. The van der Waals surface area contributed by atoms with Crippen molar-refractivity contribution in [1.82, 2.24) is 5.43 Å². The van der Waals surface area contributed by atoms with Crippen LogP contribution in [0.4, 0.5) is 5.69 Å². The molecule has 0 aliphatic heterocycles. The standard InChI is InChI=1S/C19H23N3O2S/c1-3-12-24-17-11-10-15(13-18(17)23-4-2)14-20-22-19(25)21-16-8-6-5-7-9-16/h5-11,13-14H,3-4,12H2,1-2H3,(H2,21,22,25)/b20-14+. The molecule has 0 spiro atoms. The van der Waals surface area contributed by atoms with Crippen LogP contribution in [0.25, 0.3) is 0 Å². The van der Waals surface area contributed by atoms with Crippen LogP contribution in [0, 0.1) is 0 Å². The van der Waals surface area contributed by atoms with E-state index in [4.69, 9.17) is 21.7 Å². The number of nitrogens with one attached hydrogen (secondary N) is 2. The molecule has 0 heterocycles. The molecule has 0 radical (unpaired) electrons. The minimum atomic E-state index is 0.426. The van der Waals surface area contributed by atoms with Gasteiger partial charge in [-0.3, -0.25) is 5.43 Å². The number of hydrogen-bond donors (Lipinski definition) is 2. The Morgan fingerprint density at radius 3 is 2.60 bits per heavy atom. The summed E-state index contributed by atoms with van der Waals surface area (Å²) >= 11 is 5.21. The summed E-state index contributed by atoms with van der Waals surface area (Å²) in [5.74, 6) is 1.46. The summed E-state index contributed by atoms with van der Waals surface area (Å²) in [6.45, 7) is 5.25. The second-order valence-corrected chi connectivity index (χ2v) is 5.59. The molecule has 2 rings (SSSR count). The third kappa shape index (κ3) is 6.43. The molecule has 25 heavy (non-hydrogen) atoms. The molecule has 0 aliphatic carbocycles. The first-order valence-electron chi connectivity index (χ1n) is 8.27. The zero-order valence-corrected chi connectivity index (χ0v) is 15.3. The molecular weight excluding hydrogens is 334 g/mol. The number of thiocarbonyl (C=S) groups is 1. The topological polar surface area (TPSA) is 54.9 Å². The minimum Gasteiger partial charge on any atom is -0.490 e. The lowest BCUT2D eigenvalue weighted by molar-refractivity contribution is 0.277. The van der Waals surface area contributed by atoms with Crippen LogP contribution in [0.3, 0.4) is 0 Å². The molecule has 0 aromatic heterocycles. The number of hydrazone groups is 1. The van der Waals surface area contributed by atoms with Gasteiger partial charge in [-0.25, -0.2) is 0 Å². The Hall–Kier alpha value is -2.60. The van der Waals surface area contributed by atoms with Gasteiger partial charge in [-0.15, -0.1) is 0 Å². The monoisotopic (exact) mass is 357 g/mol. The van der Waals surface area contributed by atoms with Crippen LogP contribution in [0.15, 0.2) is 53.6 Å². The highest BCUT2D eigenvalue weighted by molar-refractivity contribution is 7.80. The van der Waals surface area contributed by atoms with Crippen LogP contribution in [0.1, 0.15) is 25.8 Å². The Kier molecular flexibility index (Phi) is 7.72. The maximum Gasteiger partial charge on any atom is 0.191 e. The van der Waals surface area contributed by atoms with E-state index in [1.54, 1.807) is 6.21 Å². The minimum absolute atomic E-state index is 0.426. The molecule has 0 unspecified atom stereocenters. The molecule has 132 valence electrons. The van der Waals surface area contributed by atoms with E-state index >= 15 is 0 Å². The SMILES string of the molecule is CCCOc1ccc(/C=N/NC(=S)Nc2ccccc2)cc1OCC. The predicted octanol–water partition coefficient (Wildman–Crippen LogP) is 4.19. The third-order valence-electron chi connectivity index (χ3n) is 3.14. The first-order valence-corrected chi connectivity index (χ1v) is 8.68. The van der Waals surface area contributed by atoms with Gasteiger partial charge in [-0.2, -0.15) is 5.10 Å². The van der Waals surface area contributed by atoms with Gasteiger partial charge in [0.25, 0.3) is 0 Å². The number of anilines is 1. The van der Waals surface area contributed by atoms with Gasteiger partial charge in [0, 0.05) is 5.69 Å². The summed E-state index contributed by atoms with van der Waals surface area (Å²) in [6, 6.07) is 15.4. The summed E-state index contributed by atoms with van der Waals surface area (Å²) in [6.07, 6.45) is 2.63. The summed E-state index contributed by atoms with van der Waals surface area (Å²) in [5, 5.41) is 7.64. The number of hydrogen-bond acceptors (Lipinski definition) is 4. The van der Waals surface area contributed by atoms with Crippen LogP contribution in [0.5, 0.6) is 11.5 Å². The van der Waals surface area contributed by atoms with E-state index in [0.29, 0.717) is 24.1 Å². The number of rotatable bonds is 8. The molecule has 2 aromatic carbocycles. The molecule has 2 aromatic rings. The van der Waals surface area contributed by atoms with E-state index in [1.165, 1.54) is 0 Å². The molecule has 0 atom stereocenters. The highest BCUT2D eigenvalue weighted by Crippen LogP contribution is 2.28. The molecular formula is C19H23N3O2S. The van der Waals surface area contributed by atoms with Crippen molar-refractivity contribution in [2.75, 3.05) is 18.5 Å². The number of benzene rings is 2. The first kappa shape index (κ1) is 18.7. The van der Waals surface area contributed by atoms with Gasteiger partial charge in [0.15, 0.2) is 16.6 Å². The average molecular weight is 357 g/mol. The fourth-order valence-corrected chi connectivity index (χ4v) is 2.22. The zero-order valence-electron chi connectivity index (χ0n) is 14.5. The summed E-state index contributed by atoms with van der Waals surface area (Å²) in [7, 11) is 0. The van der Waals surface area contributed by atoms with Crippen molar-refractivity contribution >= 4 is 29.2 Å². The zero-order chi connectivity index (χ0) is 17.9. The predicted molar refractivity (Wildman–Crippen MR) is 107 cm³/mol. The van der Waals surface area contributed by atoms with Crippen LogP contribution >= 0.6 is 12.2 Å². The molecule has 0 bridgehead atoms. The fourth-order valence-electron chi connectivity index (χ4n) is 2.05. The van der Waals surface area contributed by atoms with Gasteiger partial charge in [0.1, 0.15) is 0 Å². The summed E-state index contributed by atoms with van der Waals surface area (Å²) < 4.78 is 11.3. The Balaban J connectivity index is 1.95. The van der Waals surface area contributed by atoms with Crippen LogP contribution < -0.4 is 20.2 Å². The van der Waals surface area contributed by atoms with Crippen molar-refractivity contribution in [3.05, 3.63) is 54.1 Å². The van der Waals surface area contributed by atoms with Crippen molar-refractivity contribution in [2.45, 2.75) is 20.3 Å². The van der Waals surface area contributed by atoms with E-state index in [-0.39, 0.29) is 0 Å². The van der Waals surface area contributed by atoms with Gasteiger partial charge >= 0.3 is 0 Å². The van der Waals surface area contributed by atoms with Crippen LogP contribution in [-0.2, 0) is 0 Å². The van der Waals surface area contributed by atoms with Crippen molar-refractivity contribution in [2.24, 2.45) is 5.10 Å². The number of ether oxygens (including phenoxy) is 2. The molecule has 5 nitrogen and oxygen atoms in total. The number of nitrogens with zero attached hydrogens (tertiary/aromatic N) is 1. The highest BCUT2D eigenvalue weighted by Gasteiger charge is 2.05. The maximum atomic E-state index is 5.69. The van der Waals surface area contributed by atoms with Crippen molar-refractivity contribution in [3.63, 3.8) is 0 Å². The molecule has 0 fully saturated rings. The largest absolute Gasteiger partial charge is 0.490 e. The fraction of sp³-hybridized carbons (Fsp3) is 0.263. The van der Waals surface area contributed by atoms with Crippen molar-refractivity contribution < 1.29 is 9.47 Å². The lowest BCUT2D eigenvalue weighted by Crippen LogP contribution is -2.23. The molecule has 0 saturated carbocycles. The van der Waals surface area contributed by atoms with Crippen molar-refractivity contribution in [1.29, 1.82) is 0 Å². The van der Waals surface area contributed by atoms with Crippen molar-refractivity contribution in [3.8, 4) is 11.5 Å². The van der Waals surface area contributed by atoms with Crippen LogP contribution in [0.2, 0.25) is 0 Å². The van der Waals surface area contributed by atoms with E-state index in [1.807, 2.05) is 55.5 Å². The molecule has 0 amide bonds. The Bertz CT molecular complexity index is 705. The Labute approximate surface area is 154 Å². The Morgan fingerprint density at radius 1 is 1.08 bits per heavy atom. The molecule has 0 saturated heterocycles. The third-order valence-corrected chi connectivity index (χ3v) is 3.33. The van der Waals surface area contributed by atoms with Gasteiger partial charge < -0.3 is 14.8 Å². The Morgan fingerprint density at radius 2 is 1.88 bits per heavy atom. The number of para-hydroxylation sites is 1. The highest BCUT2D eigenvalue weighted by atomic mass is 32.1. The van der Waals surface area contributed by atoms with E-state index in [9.17, 15) is 0 Å². The van der Waals surface area contributed by atoms with Gasteiger partial charge in [-0.1, -0.05) is 25.1 Å². The van der Waals surface area contributed by atoms with E-state index in [2.05, 4.69) is 22.8 Å². The van der Waals surface area contributed by atoms with E-state index in [0.717, 1.165) is 23.4 Å². The lowest BCUT2D eigenvalue weighted by Gasteiger charge is -2.12. The van der Waals surface area contributed by atoms with Gasteiger partial charge in [0.2, 0.25) is 0 Å². The van der Waals surface area contributed by atoms with Gasteiger partial charge in [0.05, 0.1) is 19.4 Å². The molecule has 0 aliphatic rings. The summed E-state index contributed by atoms with van der Waals surface area (Å²) in [4.78, 5) is 0. The maximum absolute atomic E-state index is 5.69. The quantitative estimate of drug-likeness (QED) is 0.421. The normalized spacial score (nSPS) is 10.5. The average Bonchev–Trinajstić information content (AvgIpc) is 2.62. The molecule has 2 N–H and O–H groups in total. The van der Waals surface area contributed by atoms with E-state index < -0.39 is 0 Å². The lowest BCUT2D eigenvalue weighted by atomic mass is 10.2. The second-order valence-electron chi connectivity index (χ2n) is 5.18.